The van der Waals surface area contributed by atoms with Gasteiger partial charge in [-0.15, -0.1) is 24.8 Å². The Labute approximate surface area is 152 Å². The number of methoxy groups -OCH3 is 1. The molecule has 23 heavy (non-hydrogen) atoms. The van der Waals surface area contributed by atoms with E-state index in [4.69, 9.17) is 4.74 Å². The first-order valence-electron chi connectivity index (χ1n) is 8.08. The van der Waals surface area contributed by atoms with Crippen LogP contribution in [0.25, 0.3) is 0 Å². The van der Waals surface area contributed by atoms with Crippen molar-refractivity contribution in [1.29, 1.82) is 0 Å². The highest BCUT2D eigenvalue weighted by Gasteiger charge is 2.24. The molecule has 1 aliphatic heterocycles. The van der Waals surface area contributed by atoms with Crippen molar-refractivity contribution < 1.29 is 9.84 Å². The lowest BCUT2D eigenvalue weighted by Gasteiger charge is -2.35. The predicted octanol–water partition coefficient (Wildman–Crippen LogP) is 3.77. The standard InChI is InChI=1S/C17H28N2O2.2ClH/c1-3-4-5-6-16(19-11-9-18-10-12-19)15-13-14(21-2)7-8-17(15)20;;/h7-8,13,16,18,20H,3-6,9-12H2,1-2H3;2*1H/t16-;;/m0../s1. The fourth-order valence-corrected chi connectivity index (χ4v) is 3.04. The molecule has 1 fully saturated rings. The van der Waals surface area contributed by atoms with E-state index in [0.29, 0.717) is 5.75 Å². The van der Waals surface area contributed by atoms with Gasteiger partial charge in [-0.1, -0.05) is 26.2 Å². The topological polar surface area (TPSA) is 44.7 Å². The minimum Gasteiger partial charge on any atom is -0.508 e. The lowest BCUT2D eigenvalue weighted by molar-refractivity contribution is 0.160. The van der Waals surface area contributed by atoms with Crippen LogP contribution < -0.4 is 10.1 Å². The van der Waals surface area contributed by atoms with Gasteiger partial charge in [-0.25, -0.2) is 0 Å². The Morgan fingerprint density at radius 1 is 1.22 bits per heavy atom. The third kappa shape index (κ3) is 6.38. The largest absolute Gasteiger partial charge is 0.508 e. The fraction of sp³-hybridized carbons (Fsp3) is 0.647. The molecule has 1 heterocycles. The number of aromatic hydroxyl groups is 1. The zero-order valence-electron chi connectivity index (χ0n) is 14.1. The van der Waals surface area contributed by atoms with E-state index in [-0.39, 0.29) is 30.9 Å². The van der Waals surface area contributed by atoms with Crippen LogP contribution in [0.2, 0.25) is 0 Å². The van der Waals surface area contributed by atoms with Gasteiger partial charge in [0, 0.05) is 37.8 Å². The maximum Gasteiger partial charge on any atom is 0.120 e. The molecule has 1 aromatic carbocycles. The van der Waals surface area contributed by atoms with E-state index in [1.54, 1.807) is 13.2 Å². The van der Waals surface area contributed by atoms with Gasteiger partial charge < -0.3 is 15.2 Å². The van der Waals surface area contributed by atoms with Gasteiger partial charge in [0.15, 0.2) is 0 Å². The molecule has 1 aromatic rings. The molecule has 0 saturated carbocycles. The molecule has 0 spiro atoms. The molecule has 2 N–H and O–H groups in total. The summed E-state index contributed by atoms with van der Waals surface area (Å²) in [7, 11) is 1.67. The summed E-state index contributed by atoms with van der Waals surface area (Å²) in [6.07, 6.45) is 4.75. The molecule has 0 bridgehead atoms. The lowest BCUT2D eigenvalue weighted by Crippen LogP contribution is -2.45. The highest BCUT2D eigenvalue weighted by Crippen LogP contribution is 2.35. The summed E-state index contributed by atoms with van der Waals surface area (Å²) < 4.78 is 5.33. The number of unbranched alkanes of at least 4 members (excludes halogenated alkanes) is 2. The Balaban J connectivity index is 0.00000242. The number of nitrogens with zero attached hydrogens (tertiary/aromatic N) is 1. The third-order valence-corrected chi connectivity index (χ3v) is 4.27. The SMILES string of the molecule is CCCCC[C@@H](c1cc(OC)ccc1O)N1CCNCC1.Cl.Cl. The number of benzene rings is 1. The maximum atomic E-state index is 10.3. The van der Waals surface area contributed by atoms with Gasteiger partial charge in [-0.05, 0) is 24.6 Å². The Morgan fingerprint density at radius 2 is 1.91 bits per heavy atom. The summed E-state index contributed by atoms with van der Waals surface area (Å²) in [6, 6.07) is 5.85. The number of hydrogen-bond donors (Lipinski definition) is 2. The molecule has 0 unspecified atom stereocenters. The summed E-state index contributed by atoms with van der Waals surface area (Å²) in [6.45, 7) is 6.34. The predicted molar refractivity (Wildman–Crippen MR) is 100 cm³/mol. The smallest absolute Gasteiger partial charge is 0.120 e. The summed E-state index contributed by atoms with van der Waals surface area (Å²) >= 11 is 0. The second-order valence-electron chi connectivity index (χ2n) is 5.72. The van der Waals surface area contributed by atoms with Gasteiger partial charge in [0.25, 0.3) is 0 Å². The van der Waals surface area contributed by atoms with E-state index in [0.717, 1.165) is 43.9 Å². The number of phenols is 1. The van der Waals surface area contributed by atoms with Gasteiger partial charge >= 0.3 is 0 Å². The van der Waals surface area contributed by atoms with E-state index in [2.05, 4.69) is 17.1 Å². The van der Waals surface area contributed by atoms with Crippen molar-refractivity contribution in [2.45, 2.75) is 38.6 Å². The van der Waals surface area contributed by atoms with E-state index in [1.807, 2.05) is 12.1 Å². The average Bonchev–Trinajstić information content (AvgIpc) is 2.53. The second-order valence-corrected chi connectivity index (χ2v) is 5.72. The van der Waals surface area contributed by atoms with E-state index >= 15 is 0 Å². The number of rotatable bonds is 7. The summed E-state index contributed by atoms with van der Waals surface area (Å²) in [5.74, 6) is 1.20. The van der Waals surface area contributed by atoms with Crippen LogP contribution in [0.3, 0.4) is 0 Å². The van der Waals surface area contributed by atoms with Crippen LogP contribution in [-0.4, -0.2) is 43.3 Å². The number of halogens is 2. The van der Waals surface area contributed by atoms with Crippen LogP contribution in [-0.2, 0) is 0 Å². The molecule has 1 atom stereocenters. The minimum absolute atomic E-state index is 0. The molecular weight excluding hydrogens is 335 g/mol. The van der Waals surface area contributed by atoms with Crippen LogP contribution in [0.5, 0.6) is 11.5 Å². The zero-order valence-corrected chi connectivity index (χ0v) is 15.7. The van der Waals surface area contributed by atoms with Crippen molar-refractivity contribution in [2.24, 2.45) is 0 Å². The highest BCUT2D eigenvalue weighted by atomic mass is 35.5. The van der Waals surface area contributed by atoms with Gasteiger partial charge in [-0.2, -0.15) is 0 Å². The van der Waals surface area contributed by atoms with Crippen molar-refractivity contribution in [2.75, 3.05) is 33.3 Å². The van der Waals surface area contributed by atoms with E-state index in [9.17, 15) is 5.11 Å². The lowest BCUT2D eigenvalue weighted by atomic mass is 9.97. The molecule has 0 aromatic heterocycles. The summed E-state index contributed by atoms with van der Waals surface area (Å²) in [5, 5.41) is 13.7. The van der Waals surface area contributed by atoms with Crippen molar-refractivity contribution in [3.8, 4) is 11.5 Å². The first-order chi connectivity index (χ1) is 10.3. The van der Waals surface area contributed by atoms with Gasteiger partial charge in [0.2, 0.25) is 0 Å². The third-order valence-electron chi connectivity index (χ3n) is 4.27. The molecule has 0 amide bonds. The van der Waals surface area contributed by atoms with Crippen LogP contribution >= 0.6 is 24.8 Å². The quantitative estimate of drug-likeness (QED) is 0.722. The Bertz CT molecular complexity index is 441. The van der Waals surface area contributed by atoms with Crippen molar-refractivity contribution in [3.05, 3.63) is 23.8 Å². The van der Waals surface area contributed by atoms with Crippen LogP contribution in [0.1, 0.15) is 44.2 Å². The van der Waals surface area contributed by atoms with Crippen molar-refractivity contribution >= 4 is 24.8 Å². The molecule has 4 nitrogen and oxygen atoms in total. The molecule has 6 heteroatoms. The zero-order chi connectivity index (χ0) is 15.1. The van der Waals surface area contributed by atoms with E-state index < -0.39 is 0 Å². The monoisotopic (exact) mass is 364 g/mol. The number of piperazine rings is 1. The molecule has 134 valence electrons. The van der Waals surface area contributed by atoms with Crippen LogP contribution in [0, 0.1) is 0 Å². The minimum atomic E-state index is 0. The highest BCUT2D eigenvalue weighted by molar-refractivity contribution is 5.85. The second kappa shape index (κ2) is 11.8. The maximum absolute atomic E-state index is 10.3. The fourth-order valence-electron chi connectivity index (χ4n) is 3.04. The summed E-state index contributed by atoms with van der Waals surface area (Å²) in [4.78, 5) is 2.49. The molecule has 1 aliphatic rings. The number of nitrogens with one attached hydrogen (secondary N) is 1. The number of phenolic OH excluding ortho intramolecular Hbond substituents is 1. The van der Waals surface area contributed by atoms with Crippen LogP contribution in [0.15, 0.2) is 18.2 Å². The molecule has 2 rings (SSSR count). The Morgan fingerprint density at radius 3 is 2.52 bits per heavy atom. The van der Waals surface area contributed by atoms with Crippen molar-refractivity contribution in [1.82, 2.24) is 10.2 Å². The Kier molecular flexibility index (Phi) is 11.4. The van der Waals surface area contributed by atoms with Gasteiger partial charge in [0.05, 0.1) is 7.11 Å². The first kappa shape index (κ1) is 22.3. The summed E-state index contributed by atoms with van der Waals surface area (Å²) in [5.41, 5.74) is 1.01. The molecule has 0 aliphatic carbocycles. The van der Waals surface area contributed by atoms with Crippen molar-refractivity contribution in [3.63, 3.8) is 0 Å². The molecule has 0 radical (unpaired) electrons. The van der Waals surface area contributed by atoms with Gasteiger partial charge in [0.1, 0.15) is 11.5 Å². The Hall–Kier alpha value is -0.680. The number of hydrogen-bond acceptors (Lipinski definition) is 4. The molecular formula is C17H30Cl2N2O2. The van der Waals surface area contributed by atoms with Gasteiger partial charge in [-0.3, -0.25) is 4.90 Å². The van der Waals surface area contributed by atoms with Crippen LogP contribution in [0.4, 0.5) is 0 Å². The van der Waals surface area contributed by atoms with E-state index in [1.165, 1.54) is 19.3 Å². The normalized spacial score (nSPS) is 16.1. The number of ether oxygens (including phenoxy) is 1. The molecule has 1 saturated heterocycles. The first-order valence-corrected chi connectivity index (χ1v) is 8.08. The average molecular weight is 365 g/mol.